The molecule has 9 heteroatoms. The highest BCUT2D eigenvalue weighted by atomic mass is 16.6. The van der Waals surface area contributed by atoms with Gasteiger partial charge in [-0.1, -0.05) is 48.5 Å². The molecule has 3 rings (SSSR count). The first-order chi connectivity index (χ1) is 18.6. The Bertz CT molecular complexity index is 953. The molecule has 0 atom stereocenters. The molecule has 0 aliphatic heterocycles. The van der Waals surface area contributed by atoms with Crippen molar-refractivity contribution in [3.05, 3.63) is 59.7 Å². The van der Waals surface area contributed by atoms with E-state index >= 15 is 0 Å². The van der Waals surface area contributed by atoms with E-state index in [1.165, 1.54) is 27.2 Å². The van der Waals surface area contributed by atoms with E-state index in [0.29, 0.717) is 72.6 Å². The zero-order chi connectivity index (χ0) is 27.0. The molecule has 0 spiro atoms. The largest absolute Gasteiger partial charge is 0.466 e. The van der Waals surface area contributed by atoms with Crippen LogP contribution in [-0.2, 0) is 33.2 Å². The van der Waals surface area contributed by atoms with Crippen LogP contribution in [0, 0.1) is 0 Å². The Morgan fingerprint density at radius 3 is 1.76 bits per heavy atom. The van der Waals surface area contributed by atoms with Crippen molar-refractivity contribution in [3.63, 3.8) is 0 Å². The number of carbonyl (C=O) groups excluding carboxylic acids is 2. The summed E-state index contributed by atoms with van der Waals surface area (Å²) in [7, 11) is 1.70. The SMILES string of the molecule is CCOC(=O)CCOCCOCCOCCOCCN(C)C(=O)OCC1c2ccccc2-c2ccccc21. The van der Waals surface area contributed by atoms with E-state index in [1.807, 2.05) is 24.3 Å². The van der Waals surface area contributed by atoms with Gasteiger partial charge in [0.15, 0.2) is 0 Å². The van der Waals surface area contributed by atoms with Gasteiger partial charge in [0, 0.05) is 19.5 Å². The van der Waals surface area contributed by atoms with E-state index in [9.17, 15) is 9.59 Å². The first kappa shape index (κ1) is 29.6. The maximum absolute atomic E-state index is 12.5. The van der Waals surface area contributed by atoms with Crippen LogP contribution in [0.3, 0.4) is 0 Å². The zero-order valence-corrected chi connectivity index (χ0v) is 22.4. The minimum Gasteiger partial charge on any atom is -0.466 e. The summed E-state index contributed by atoms with van der Waals surface area (Å²) in [5.41, 5.74) is 4.79. The maximum Gasteiger partial charge on any atom is 0.409 e. The number of hydrogen-bond donors (Lipinski definition) is 0. The van der Waals surface area contributed by atoms with Gasteiger partial charge in [0.05, 0.1) is 65.9 Å². The highest BCUT2D eigenvalue weighted by Crippen LogP contribution is 2.44. The third-order valence-electron chi connectivity index (χ3n) is 6.09. The minimum atomic E-state index is -0.367. The fraction of sp³-hybridized carbons (Fsp3) is 0.517. The van der Waals surface area contributed by atoms with Gasteiger partial charge >= 0.3 is 12.1 Å². The molecule has 0 saturated carbocycles. The van der Waals surface area contributed by atoms with Crippen LogP contribution < -0.4 is 0 Å². The molecule has 1 aliphatic rings. The molecular weight excluding hydrogens is 490 g/mol. The second kappa shape index (κ2) is 16.8. The van der Waals surface area contributed by atoms with Crippen LogP contribution >= 0.6 is 0 Å². The minimum absolute atomic E-state index is 0.0426. The van der Waals surface area contributed by atoms with Crippen LogP contribution in [-0.4, -0.2) is 96.6 Å². The number of hydrogen-bond acceptors (Lipinski definition) is 8. The second-order valence-electron chi connectivity index (χ2n) is 8.73. The molecule has 0 aromatic heterocycles. The molecule has 1 amide bonds. The number of likely N-dealkylation sites (N-methyl/N-ethyl adjacent to an activating group) is 1. The van der Waals surface area contributed by atoms with Gasteiger partial charge in [-0.15, -0.1) is 0 Å². The Balaban J connectivity index is 1.17. The van der Waals surface area contributed by atoms with Gasteiger partial charge in [-0.05, 0) is 29.2 Å². The van der Waals surface area contributed by atoms with E-state index in [0.717, 1.165) is 0 Å². The van der Waals surface area contributed by atoms with Gasteiger partial charge in [0.1, 0.15) is 6.61 Å². The molecule has 38 heavy (non-hydrogen) atoms. The van der Waals surface area contributed by atoms with Gasteiger partial charge in [-0.2, -0.15) is 0 Å². The molecule has 0 saturated heterocycles. The van der Waals surface area contributed by atoms with Gasteiger partial charge < -0.3 is 33.3 Å². The number of fused-ring (bicyclic) bond motifs is 3. The summed E-state index contributed by atoms with van der Waals surface area (Å²) in [5.74, 6) is -0.214. The normalized spacial score (nSPS) is 12.2. The Kier molecular flexibility index (Phi) is 13.1. The molecule has 0 heterocycles. The van der Waals surface area contributed by atoms with Crippen molar-refractivity contribution in [2.24, 2.45) is 0 Å². The average Bonchev–Trinajstić information content (AvgIpc) is 3.25. The van der Waals surface area contributed by atoms with E-state index in [1.54, 1.807) is 14.0 Å². The van der Waals surface area contributed by atoms with Crippen molar-refractivity contribution < 1.29 is 38.0 Å². The van der Waals surface area contributed by atoms with Crippen molar-refractivity contribution in [2.75, 3.05) is 79.7 Å². The van der Waals surface area contributed by atoms with E-state index in [2.05, 4.69) is 24.3 Å². The Labute approximate surface area is 224 Å². The highest BCUT2D eigenvalue weighted by molar-refractivity contribution is 5.79. The maximum atomic E-state index is 12.5. The van der Waals surface area contributed by atoms with Crippen LogP contribution in [0.25, 0.3) is 11.1 Å². The first-order valence-electron chi connectivity index (χ1n) is 13.1. The summed E-state index contributed by atoms with van der Waals surface area (Å²) < 4.78 is 32.2. The number of esters is 1. The Morgan fingerprint density at radius 2 is 1.21 bits per heavy atom. The molecule has 2 aromatic carbocycles. The molecule has 0 unspecified atom stereocenters. The summed E-state index contributed by atoms with van der Waals surface area (Å²) in [6.07, 6.45) is -0.118. The van der Waals surface area contributed by atoms with Crippen LogP contribution in [0.5, 0.6) is 0 Å². The third-order valence-corrected chi connectivity index (χ3v) is 6.09. The van der Waals surface area contributed by atoms with E-state index < -0.39 is 0 Å². The van der Waals surface area contributed by atoms with Crippen molar-refractivity contribution in [3.8, 4) is 11.1 Å². The molecule has 1 aliphatic carbocycles. The lowest BCUT2D eigenvalue weighted by Gasteiger charge is -2.19. The lowest BCUT2D eigenvalue weighted by Crippen LogP contribution is -2.32. The topological polar surface area (TPSA) is 92.8 Å². The summed E-state index contributed by atoms with van der Waals surface area (Å²) in [6, 6.07) is 16.5. The zero-order valence-electron chi connectivity index (χ0n) is 22.4. The molecule has 0 radical (unpaired) electrons. The predicted octanol–water partition coefficient (Wildman–Crippen LogP) is 3.89. The average molecular weight is 530 g/mol. The molecule has 208 valence electrons. The molecular formula is C29H39NO8. The van der Waals surface area contributed by atoms with E-state index in [4.69, 9.17) is 28.4 Å². The smallest absolute Gasteiger partial charge is 0.409 e. The summed E-state index contributed by atoms with van der Waals surface area (Å²) >= 11 is 0. The lowest BCUT2D eigenvalue weighted by atomic mass is 9.98. The van der Waals surface area contributed by atoms with Gasteiger partial charge in [0.2, 0.25) is 0 Å². The number of ether oxygens (including phenoxy) is 6. The highest BCUT2D eigenvalue weighted by Gasteiger charge is 2.29. The van der Waals surface area contributed by atoms with Crippen LogP contribution in [0.2, 0.25) is 0 Å². The first-order valence-corrected chi connectivity index (χ1v) is 13.1. The summed E-state index contributed by atoms with van der Waals surface area (Å²) in [5, 5.41) is 0. The van der Waals surface area contributed by atoms with Crippen molar-refractivity contribution >= 4 is 12.1 Å². The third kappa shape index (κ3) is 9.40. The quantitative estimate of drug-likeness (QED) is 0.212. The molecule has 0 N–H and O–H groups in total. The molecule has 9 nitrogen and oxygen atoms in total. The van der Waals surface area contributed by atoms with Gasteiger partial charge in [-0.3, -0.25) is 4.79 Å². The van der Waals surface area contributed by atoms with Crippen LogP contribution in [0.15, 0.2) is 48.5 Å². The Morgan fingerprint density at radius 1 is 0.711 bits per heavy atom. The van der Waals surface area contributed by atoms with Crippen molar-refractivity contribution in [2.45, 2.75) is 19.3 Å². The number of carbonyl (C=O) groups is 2. The number of nitrogens with zero attached hydrogens (tertiary/aromatic N) is 1. The van der Waals surface area contributed by atoms with Crippen LogP contribution in [0.4, 0.5) is 4.79 Å². The molecule has 2 aromatic rings. The number of amides is 1. The molecule has 0 bridgehead atoms. The monoisotopic (exact) mass is 529 g/mol. The second-order valence-corrected chi connectivity index (χ2v) is 8.73. The van der Waals surface area contributed by atoms with Crippen LogP contribution in [0.1, 0.15) is 30.4 Å². The predicted molar refractivity (Wildman–Crippen MR) is 142 cm³/mol. The fourth-order valence-corrected chi connectivity index (χ4v) is 4.15. The van der Waals surface area contributed by atoms with Crippen molar-refractivity contribution in [1.82, 2.24) is 4.90 Å². The molecule has 0 fully saturated rings. The fourth-order valence-electron chi connectivity index (χ4n) is 4.15. The number of rotatable bonds is 18. The van der Waals surface area contributed by atoms with Gasteiger partial charge in [0.25, 0.3) is 0 Å². The Hall–Kier alpha value is -2.98. The lowest BCUT2D eigenvalue weighted by molar-refractivity contribution is -0.144. The van der Waals surface area contributed by atoms with Crippen molar-refractivity contribution in [1.29, 1.82) is 0 Å². The van der Waals surface area contributed by atoms with E-state index in [-0.39, 0.29) is 24.4 Å². The number of benzene rings is 2. The van der Waals surface area contributed by atoms with Gasteiger partial charge in [-0.25, -0.2) is 4.79 Å². The standard InChI is InChI=1S/C29H39NO8/c1-3-37-28(31)12-14-33-16-18-35-20-21-36-19-17-34-15-13-30(2)29(32)38-22-27-25-10-6-4-8-23(25)24-9-5-7-11-26(24)27/h4-11,27H,3,12-22H2,1-2H3. The summed E-state index contributed by atoms with van der Waals surface area (Å²) in [6.45, 7) is 6.21. The summed E-state index contributed by atoms with van der Waals surface area (Å²) in [4.78, 5) is 25.2.